The molecule has 1 aromatic heterocycles. The molecule has 2 N–H and O–H groups in total. The summed E-state index contributed by atoms with van der Waals surface area (Å²) in [6.45, 7) is 2.47. The number of H-pyrrole nitrogens is 2. The molecule has 0 spiro atoms. The zero-order valence-corrected chi connectivity index (χ0v) is 13.4. The molecule has 0 aliphatic carbocycles. The zero-order valence-electron chi connectivity index (χ0n) is 11.8. The Balaban J connectivity index is 1.84. The van der Waals surface area contributed by atoms with E-state index in [1.165, 1.54) is 10.5 Å². The lowest BCUT2D eigenvalue weighted by Gasteiger charge is -2.28. The number of nitrogens with one attached hydrogen (secondary N) is 2. The Morgan fingerprint density at radius 2 is 2.14 bits per heavy atom. The molecule has 0 unspecified atom stereocenters. The minimum Gasteiger partial charge on any atom is -0.335 e. The van der Waals surface area contributed by atoms with Gasteiger partial charge >= 0.3 is 0 Å². The summed E-state index contributed by atoms with van der Waals surface area (Å²) in [6, 6.07) is 8.43. The van der Waals surface area contributed by atoms with Crippen molar-refractivity contribution in [3.05, 3.63) is 56.2 Å². The molecule has 0 atom stereocenters. The van der Waals surface area contributed by atoms with Crippen molar-refractivity contribution in [3.63, 3.8) is 0 Å². The molecule has 1 aromatic carbocycles. The second-order valence-electron chi connectivity index (χ2n) is 5.14. The van der Waals surface area contributed by atoms with E-state index in [1.807, 2.05) is 0 Å². The van der Waals surface area contributed by atoms with Crippen LogP contribution in [0.2, 0.25) is 0 Å². The molecule has 110 valence electrons. The van der Waals surface area contributed by atoms with Crippen LogP contribution in [0.4, 0.5) is 0 Å². The van der Waals surface area contributed by atoms with E-state index in [1.54, 1.807) is 11.8 Å². The minimum absolute atomic E-state index is 0.0587. The van der Waals surface area contributed by atoms with E-state index in [0.29, 0.717) is 11.3 Å². The number of hydrogen-bond donors (Lipinski definition) is 2. The first kappa shape index (κ1) is 14.6. The van der Waals surface area contributed by atoms with Gasteiger partial charge in [-0.25, -0.2) is 0 Å². The molecular formula is C15H17N3OS2. The van der Waals surface area contributed by atoms with Crippen LogP contribution in [0.25, 0.3) is 0 Å². The Kier molecular flexibility index (Phi) is 4.28. The van der Waals surface area contributed by atoms with Crippen LogP contribution in [0.1, 0.15) is 16.8 Å². The molecule has 0 radical (unpaired) electrons. The van der Waals surface area contributed by atoms with Gasteiger partial charge in [0, 0.05) is 36.6 Å². The summed E-state index contributed by atoms with van der Waals surface area (Å²) < 4.78 is 0.417. The number of rotatable bonds is 3. The van der Waals surface area contributed by atoms with Crippen molar-refractivity contribution in [3.8, 4) is 0 Å². The molecule has 2 aromatic rings. The first-order chi connectivity index (χ1) is 10.2. The Hall–Kier alpha value is -1.37. The quantitative estimate of drug-likeness (QED) is 0.675. The molecule has 0 bridgehead atoms. The van der Waals surface area contributed by atoms with Crippen LogP contribution < -0.4 is 5.56 Å². The van der Waals surface area contributed by atoms with Gasteiger partial charge in [-0.15, -0.1) is 11.8 Å². The summed E-state index contributed by atoms with van der Waals surface area (Å²) in [5.74, 6) is 0. The first-order valence-corrected chi connectivity index (χ1v) is 8.49. The van der Waals surface area contributed by atoms with E-state index >= 15 is 0 Å². The molecule has 1 aliphatic rings. The number of nitrogens with zero attached hydrogens (tertiary/aromatic N) is 1. The maximum atomic E-state index is 12.0. The van der Waals surface area contributed by atoms with Gasteiger partial charge in [0.1, 0.15) is 0 Å². The molecule has 0 fully saturated rings. The average molecular weight is 319 g/mol. The molecule has 2 heterocycles. The maximum absolute atomic E-state index is 12.0. The predicted octanol–water partition coefficient (Wildman–Crippen LogP) is 2.71. The molecule has 4 nitrogen and oxygen atoms in total. The van der Waals surface area contributed by atoms with Crippen molar-refractivity contribution in [2.75, 3.05) is 12.8 Å². The number of benzene rings is 1. The van der Waals surface area contributed by atoms with Gasteiger partial charge in [0.25, 0.3) is 5.56 Å². The number of thioether (sulfide) groups is 1. The molecule has 0 amide bonds. The fraction of sp³-hybridized carbons (Fsp3) is 0.333. The van der Waals surface area contributed by atoms with Gasteiger partial charge in [-0.2, -0.15) is 0 Å². The fourth-order valence-corrected chi connectivity index (χ4v) is 3.55. The van der Waals surface area contributed by atoms with Crippen LogP contribution in [0.15, 0.2) is 34.0 Å². The van der Waals surface area contributed by atoms with Crippen molar-refractivity contribution < 1.29 is 0 Å². The monoisotopic (exact) mass is 319 g/mol. The Bertz CT molecular complexity index is 766. The molecule has 0 saturated carbocycles. The van der Waals surface area contributed by atoms with E-state index < -0.39 is 0 Å². The third kappa shape index (κ3) is 3.12. The number of aromatic nitrogens is 2. The second kappa shape index (κ2) is 6.17. The topological polar surface area (TPSA) is 51.9 Å². The lowest BCUT2D eigenvalue weighted by molar-refractivity contribution is 0.240. The van der Waals surface area contributed by atoms with Crippen LogP contribution in [-0.4, -0.2) is 27.7 Å². The summed E-state index contributed by atoms with van der Waals surface area (Å²) in [5, 5.41) is 0. The second-order valence-corrected chi connectivity index (χ2v) is 6.39. The molecule has 6 heteroatoms. The van der Waals surface area contributed by atoms with Gasteiger partial charge in [-0.3, -0.25) is 14.7 Å². The highest BCUT2D eigenvalue weighted by Crippen LogP contribution is 2.23. The van der Waals surface area contributed by atoms with Gasteiger partial charge < -0.3 is 4.98 Å². The summed E-state index contributed by atoms with van der Waals surface area (Å²) in [7, 11) is 0. The van der Waals surface area contributed by atoms with Gasteiger partial charge in [0.2, 0.25) is 0 Å². The Labute approximate surface area is 132 Å². The van der Waals surface area contributed by atoms with Gasteiger partial charge in [0.15, 0.2) is 4.77 Å². The predicted molar refractivity (Wildman–Crippen MR) is 88.3 cm³/mol. The SMILES string of the molecule is CSc1ccccc1CN1CCc2[nH]c(=S)[nH]c(=O)c2C1. The van der Waals surface area contributed by atoms with E-state index in [2.05, 4.69) is 45.4 Å². The maximum Gasteiger partial charge on any atom is 0.256 e. The zero-order chi connectivity index (χ0) is 14.8. The van der Waals surface area contributed by atoms with Crippen molar-refractivity contribution in [1.82, 2.24) is 14.9 Å². The van der Waals surface area contributed by atoms with Crippen molar-refractivity contribution in [1.29, 1.82) is 0 Å². The molecule has 1 aliphatic heterocycles. The molecule has 3 rings (SSSR count). The normalized spacial score (nSPS) is 14.9. The third-order valence-electron chi connectivity index (χ3n) is 3.78. The Morgan fingerprint density at radius 1 is 1.33 bits per heavy atom. The van der Waals surface area contributed by atoms with Crippen molar-refractivity contribution in [2.24, 2.45) is 0 Å². The van der Waals surface area contributed by atoms with E-state index in [-0.39, 0.29) is 5.56 Å². The Morgan fingerprint density at radius 3 is 2.95 bits per heavy atom. The van der Waals surface area contributed by atoms with Crippen LogP contribution >= 0.6 is 24.0 Å². The number of hydrogen-bond acceptors (Lipinski definition) is 4. The highest BCUT2D eigenvalue weighted by molar-refractivity contribution is 7.98. The summed E-state index contributed by atoms with van der Waals surface area (Å²) in [4.78, 5) is 21.4. The standard InChI is InChI=1S/C15H17N3OS2/c1-21-13-5-3-2-4-10(13)8-18-7-6-12-11(9-18)14(19)17-15(20)16-12/h2-5H,6-9H2,1H3,(H2,16,17,19,20). The lowest BCUT2D eigenvalue weighted by atomic mass is 10.1. The smallest absolute Gasteiger partial charge is 0.256 e. The van der Waals surface area contributed by atoms with Crippen LogP contribution in [0, 0.1) is 4.77 Å². The summed E-state index contributed by atoms with van der Waals surface area (Å²) >= 11 is 6.78. The van der Waals surface area contributed by atoms with Crippen LogP contribution in [0.5, 0.6) is 0 Å². The van der Waals surface area contributed by atoms with Crippen molar-refractivity contribution >= 4 is 24.0 Å². The third-order valence-corrected chi connectivity index (χ3v) is 4.82. The molecule has 0 saturated heterocycles. The van der Waals surface area contributed by atoms with E-state index in [4.69, 9.17) is 12.2 Å². The van der Waals surface area contributed by atoms with Gasteiger partial charge in [-0.1, -0.05) is 18.2 Å². The number of fused-ring (bicyclic) bond motifs is 1. The van der Waals surface area contributed by atoms with Crippen LogP contribution in [-0.2, 0) is 19.5 Å². The van der Waals surface area contributed by atoms with E-state index in [9.17, 15) is 4.79 Å². The summed E-state index contributed by atoms with van der Waals surface area (Å²) in [5.41, 5.74) is 3.06. The largest absolute Gasteiger partial charge is 0.335 e. The highest BCUT2D eigenvalue weighted by Gasteiger charge is 2.20. The van der Waals surface area contributed by atoms with Crippen molar-refractivity contribution in [2.45, 2.75) is 24.4 Å². The van der Waals surface area contributed by atoms with E-state index in [0.717, 1.165) is 30.8 Å². The average Bonchev–Trinajstić information content (AvgIpc) is 2.48. The minimum atomic E-state index is -0.0587. The fourth-order valence-electron chi connectivity index (χ4n) is 2.72. The summed E-state index contributed by atoms with van der Waals surface area (Å²) in [6.07, 6.45) is 2.93. The molecular weight excluding hydrogens is 302 g/mol. The molecule has 21 heavy (non-hydrogen) atoms. The highest BCUT2D eigenvalue weighted by atomic mass is 32.2. The van der Waals surface area contributed by atoms with Gasteiger partial charge in [0.05, 0.1) is 5.56 Å². The van der Waals surface area contributed by atoms with Gasteiger partial charge in [-0.05, 0) is 30.1 Å². The lowest BCUT2D eigenvalue weighted by Crippen LogP contribution is -2.35. The first-order valence-electron chi connectivity index (χ1n) is 6.86. The van der Waals surface area contributed by atoms with Crippen LogP contribution in [0.3, 0.4) is 0 Å². The number of aromatic amines is 2.